The fraction of sp³-hybridized carbons (Fsp3) is 0.700. The van der Waals surface area contributed by atoms with Crippen molar-refractivity contribution in [1.82, 2.24) is 9.80 Å². The van der Waals surface area contributed by atoms with Gasteiger partial charge in [-0.05, 0) is 80.0 Å². The van der Waals surface area contributed by atoms with Crippen LogP contribution in [0.5, 0.6) is 0 Å². The van der Waals surface area contributed by atoms with Gasteiger partial charge in [0, 0.05) is 26.2 Å². The number of carbonyl (C=O) groups is 2. The fourth-order valence-corrected chi connectivity index (χ4v) is 6.55. The Kier molecular flexibility index (Phi) is 3.85. The third kappa shape index (κ3) is 2.67. The smallest absolute Gasteiger partial charge is 0.289 e. The molecule has 2 amide bonds. The normalized spacial score (nSPS) is 35.8. The zero-order valence-electron chi connectivity index (χ0n) is 15.0. The van der Waals surface area contributed by atoms with E-state index in [-0.39, 0.29) is 22.3 Å². The molecule has 5 fully saturated rings. The minimum Gasteiger partial charge on any atom is -0.440 e. The van der Waals surface area contributed by atoms with E-state index in [1.165, 1.54) is 19.3 Å². The zero-order valence-corrected chi connectivity index (χ0v) is 15.7. The first kappa shape index (κ1) is 16.7. The van der Waals surface area contributed by atoms with Crippen molar-refractivity contribution < 1.29 is 14.0 Å². The Morgan fingerprint density at radius 2 is 1.46 bits per heavy atom. The van der Waals surface area contributed by atoms with Gasteiger partial charge < -0.3 is 14.2 Å². The Hall–Kier alpha value is -1.49. The van der Waals surface area contributed by atoms with E-state index < -0.39 is 0 Å². The van der Waals surface area contributed by atoms with Crippen LogP contribution in [0.15, 0.2) is 16.5 Å². The third-order valence-corrected chi connectivity index (χ3v) is 7.33. The van der Waals surface area contributed by atoms with Gasteiger partial charge in [-0.15, -0.1) is 0 Å². The lowest BCUT2D eigenvalue weighted by Crippen LogP contribution is -2.58. The molecule has 26 heavy (non-hydrogen) atoms. The summed E-state index contributed by atoms with van der Waals surface area (Å²) < 4.78 is 5.23. The summed E-state index contributed by atoms with van der Waals surface area (Å²) in [5.41, 5.74) is -0.0878. The highest BCUT2D eigenvalue weighted by molar-refractivity contribution is 6.29. The lowest BCUT2D eigenvalue weighted by atomic mass is 9.49. The van der Waals surface area contributed by atoms with Gasteiger partial charge in [0.2, 0.25) is 5.91 Å². The molecule has 6 rings (SSSR count). The molecule has 4 saturated carbocycles. The second-order valence-electron chi connectivity index (χ2n) is 8.89. The highest BCUT2D eigenvalue weighted by Gasteiger charge is 2.55. The number of furan rings is 1. The highest BCUT2D eigenvalue weighted by atomic mass is 35.5. The molecule has 0 spiro atoms. The maximum absolute atomic E-state index is 13.4. The van der Waals surface area contributed by atoms with E-state index in [0.29, 0.717) is 32.1 Å². The van der Waals surface area contributed by atoms with Gasteiger partial charge in [-0.25, -0.2) is 0 Å². The minimum atomic E-state index is -0.140. The van der Waals surface area contributed by atoms with Crippen molar-refractivity contribution in [3.63, 3.8) is 0 Å². The fourth-order valence-electron chi connectivity index (χ4n) is 6.41. The van der Waals surface area contributed by atoms with Crippen molar-refractivity contribution >= 4 is 23.4 Å². The largest absolute Gasteiger partial charge is 0.440 e. The Bertz CT molecular complexity index is 700. The van der Waals surface area contributed by atoms with E-state index >= 15 is 0 Å². The topological polar surface area (TPSA) is 53.8 Å². The number of piperazine rings is 1. The summed E-state index contributed by atoms with van der Waals surface area (Å²) in [5, 5.41) is 0.226. The Labute approximate surface area is 158 Å². The van der Waals surface area contributed by atoms with Crippen LogP contribution in [0.25, 0.3) is 0 Å². The number of rotatable bonds is 2. The summed E-state index contributed by atoms with van der Waals surface area (Å²) in [6.07, 6.45) is 7.34. The number of hydrogen-bond acceptors (Lipinski definition) is 3. The van der Waals surface area contributed by atoms with Crippen molar-refractivity contribution in [1.29, 1.82) is 0 Å². The number of amides is 2. The molecule has 4 aliphatic carbocycles. The molecule has 4 bridgehead atoms. The Morgan fingerprint density at radius 3 is 1.96 bits per heavy atom. The molecule has 0 unspecified atom stereocenters. The summed E-state index contributed by atoms with van der Waals surface area (Å²) in [4.78, 5) is 29.7. The summed E-state index contributed by atoms with van der Waals surface area (Å²) in [6.45, 7) is 2.38. The van der Waals surface area contributed by atoms with E-state index in [1.807, 2.05) is 4.90 Å². The van der Waals surface area contributed by atoms with Gasteiger partial charge >= 0.3 is 0 Å². The molecule has 0 radical (unpaired) electrons. The van der Waals surface area contributed by atoms with Gasteiger partial charge in [-0.3, -0.25) is 9.59 Å². The maximum atomic E-state index is 13.4. The second kappa shape index (κ2) is 6.01. The lowest BCUT2D eigenvalue weighted by Gasteiger charge is -2.57. The quantitative estimate of drug-likeness (QED) is 0.794. The number of hydrogen-bond donors (Lipinski definition) is 0. The summed E-state index contributed by atoms with van der Waals surface area (Å²) in [6, 6.07) is 3.19. The molecular formula is C20H25ClN2O3. The zero-order chi connectivity index (χ0) is 17.9. The molecule has 6 heteroatoms. The van der Waals surface area contributed by atoms with Crippen LogP contribution in [0.3, 0.4) is 0 Å². The van der Waals surface area contributed by atoms with Crippen LogP contribution in [0, 0.1) is 23.2 Å². The number of carbonyl (C=O) groups excluding carboxylic acids is 2. The monoisotopic (exact) mass is 376 g/mol. The molecule has 1 saturated heterocycles. The highest BCUT2D eigenvalue weighted by Crippen LogP contribution is 2.60. The van der Waals surface area contributed by atoms with Crippen LogP contribution in [-0.2, 0) is 4.79 Å². The molecule has 0 N–H and O–H groups in total. The average molecular weight is 377 g/mol. The van der Waals surface area contributed by atoms with Crippen LogP contribution in [0.4, 0.5) is 0 Å². The van der Waals surface area contributed by atoms with Gasteiger partial charge in [0.25, 0.3) is 5.91 Å². The molecule has 5 aliphatic rings. The van der Waals surface area contributed by atoms with Crippen LogP contribution in [-0.4, -0.2) is 47.8 Å². The Balaban J connectivity index is 1.24. The van der Waals surface area contributed by atoms with Gasteiger partial charge in [-0.1, -0.05) is 0 Å². The summed E-state index contributed by atoms with van der Waals surface area (Å²) in [5.74, 6) is 2.82. The first-order valence-electron chi connectivity index (χ1n) is 9.86. The molecular weight excluding hydrogens is 352 g/mol. The van der Waals surface area contributed by atoms with E-state index in [9.17, 15) is 9.59 Å². The molecule has 1 aromatic rings. The molecule has 0 aromatic carbocycles. The number of nitrogens with zero attached hydrogens (tertiary/aromatic N) is 2. The first-order valence-corrected chi connectivity index (χ1v) is 10.2. The first-order chi connectivity index (χ1) is 12.5. The Morgan fingerprint density at radius 1 is 0.923 bits per heavy atom. The standard InChI is InChI=1S/C20H25ClN2O3/c21-17-2-1-16(26-17)18(24)22-3-5-23(6-4-22)19(25)20-10-13-7-14(11-20)9-15(8-13)12-20/h1-2,13-15H,3-12H2. The van der Waals surface area contributed by atoms with Gasteiger partial charge in [0.1, 0.15) is 0 Å². The van der Waals surface area contributed by atoms with Crippen LogP contribution in [0.1, 0.15) is 49.1 Å². The summed E-state index contributed by atoms with van der Waals surface area (Å²) >= 11 is 5.77. The number of halogens is 1. The van der Waals surface area contributed by atoms with E-state index in [2.05, 4.69) is 0 Å². The van der Waals surface area contributed by atoms with Crippen LogP contribution < -0.4 is 0 Å². The summed E-state index contributed by atoms with van der Waals surface area (Å²) in [7, 11) is 0. The van der Waals surface area contributed by atoms with Crippen molar-refractivity contribution in [2.24, 2.45) is 23.2 Å². The van der Waals surface area contributed by atoms with Crippen molar-refractivity contribution in [2.45, 2.75) is 38.5 Å². The van der Waals surface area contributed by atoms with Crippen molar-refractivity contribution in [3.8, 4) is 0 Å². The lowest BCUT2D eigenvalue weighted by molar-refractivity contribution is -0.159. The molecule has 0 atom stereocenters. The van der Waals surface area contributed by atoms with Crippen molar-refractivity contribution in [3.05, 3.63) is 23.1 Å². The molecule has 1 aromatic heterocycles. The van der Waals surface area contributed by atoms with E-state index in [0.717, 1.165) is 37.0 Å². The SMILES string of the molecule is O=C(c1ccc(Cl)o1)N1CCN(C(=O)C23CC4CC(CC(C4)C2)C3)CC1. The molecule has 140 valence electrons. The predicted octanol–water partition coefficient (Wildman–Crippen LogP) is 3.43. The maximum Gasteiger partial charge on any atom is 0.289 e. The predicted molar refractivity (Wildman–Crippen MR) is 96.8 cm³/mol. The molecule has 2 heterocycles. The third-order valence-electron chi connectivity index (χ3n) is 7.13. The second-order valence-corrected chi connectivity index (χ2v) is 9.26. The van der Waals surface area contributed by atoms with Gasteiger partial charge in [0.15, 0.2) is 11.0 Å². The minimum absolute atomic E-state index is 0.0878. The van der Waals surface area contributed by atoms with E-state index in [4.69, 9.17) is 16.0 Å². The van der Waals surface area contributed by atoms with Crippen LogP contribution >= 0.6 is 11.6 Å². The van der Waals surface area contributed by atoms with Gasteiger partial charge in [0.05, 0.1) is 5.41 Å². The molecule has 1 aliphatic heterocycles. The van der Waals surface area contributed by atoms with Crippen LogP contribution in [0.2, 0.25) is 5.22 Å². The molecule has 5 nitrogen and oxygen atoms in total. The van der Waals surface area contributed by atoms with E-state index in [1.54, 1.807) is 17.0 Å². The van der Waals surface area contributed by atoms with Crippen molar-refractivity contribution in [2.75, 3.05) is 26.2 Å². The average Bonchev–Trinajstić information content (AvgIpc) is 3.06. The van der Waals surface area contributed by atoms with Gasteiger partial charge in [-0.2, -0.15) is 0 Å².